The lowest BCUT2D eigenvalue weighted by Crippen LogP contribution is -2.40. The molecule has 1 aromatic rings. The lowest BCUT2D eigenvalue weighted by Gasteiger charge is -2.23. The van der Waals surface area contributed by atoms with Crippen LogP contribution in [0.15, 0.2) is 29.2 Å². The summed E-state index contributed by atoms with van der Waals surface area (Å²) in [6, 6.07) is 7.63. The first-order valence-electron chi connectivity index (χ1n) is 7.06. The predicted molar refractivity (Wildman–Crippen MR) is 92.6 cm³/mol. The standard InChI is InChI=1S/C15H21ClN2OS.ClH/c1-11(20-14-7-3-2-6-13(14)16)15(19)18-10-12-5-4-8-17-9-12;/h2-3,6-7,11-12,17H,4-5,8-10H2,1H3,(H,18,19);1H. The molecule has 0 radical (unpaired) electrons. The summed E-state index contributed by atoms with van der Waals surface area (Å²) < 4.78 is 0. The molecule has 0 spiro atoms. The smallest absolute Gasteiger partial charge is 0.233 e. The highest BCUT2D eigenvalue weighted by atomic mass is 35.5. The van der Waals surface area contributed by atoms with Crippen molar-refractivity contribution in [2.24, 2.45) is 5.92 Å². The number of rotatable bonds is 5. The third kappa shape index (κ3) is 6.07. The molecule has 0 bridgehead atoms. The van der Waals surface area contributed by atoms with Crippen molar-refractivity contribution < 1.29 is 4.79 Å². The fraction of sp³-hybridized carbons (Fsp3) is 0.533. The van der Waals surface area contributed by atoms with Crippen LogP contribution in [-0.2, 0) is 4.79 Å². The summed E-state index contributed by atoms with van der Waals surface area (Å²) in [7, 11) is 0. The molecule has 21 heavy (non-hydrogen) atoms. The van der Waals surface area contributed by atoms with Gasteiger partial charge in [-0.2, -0.15) is 0 Å². The van der Waals surface area contributed by atoms with Gasteiger partial charge in [-0.3, -0.25) is 4.79 Å². The molecular formula is C15H22Cl2N2OS. The van der Waals surface area contributed by atoms with Crippen LogP contribution in [0.2, 0.25) is 5.02 Å². The molecule has 2 atom stereocenters. The number of nitrogens with one attached hydrogen (secondary N) is 2. The van der Waals surface area contributed by atoms with Crippen LogP contribution in [-0.4, -0.2) is 30.8 Å². The zero-order chi connectivity index (χ0) is 14.4. The molecule has 1 fully saturated rings. The Morgan fingerprint density at radius 3 is 2.95 bits per heavy atom. The van der Waals surface area contributed by atoms with Crippen molar-refractivity contribution >= 4 is 41.7 Å². The van der Waals surface area contributed by atoms with E-state index in [1.54, 1.807) is 0 Å². The number of thioether (sulfide) groups is 1. The second-order valence-corrected chi connectivity index (χ2v) is 6.94. The molecule has 0 saturated carbocycles. The van der Waals surface area contributed by atoms with Gasteiger partial charge >= 0.3 is 0 Å². The summed E-state index contributed by atoms with van der Waals surface area (Å²) in [6.07, 6.45) is 2.39. The van der Waals surface area contributed by atoms with Gasteiger partial charge in [-0.15, -0.1) is 24.2 Å². The first-order chi connectivity index (χ1) is 9.66. The predicted octanol–water partition coefficient (Wildman–Crippen LogP) is 3.36. The minimum absolute atomic E-state index is 0. The molecule has 0 aromatic heterocycles. The van der Waals surface area contributed by atoms with Crippen LogP contribution >= 0.6 is 35.8 Å². The number of amides is 1. The molecule has 1 aliphatic rings. The van der Waals surface area contributed by atoms with Crippen molar-refractivity contribution in [1.82, 2.24) is 10.6 Å². The Labute approximate surface area is 142 Å². The maximum absolute atomic E-state index is 12.1. The summed E-state index contributed by atoms with van der Waals surface area (Å²) in [6.45, 7) is 4.79. The highest BCUT2D eigenvalue weighted by Gasteiger charge is 2.18. The van der Waals surface area contributed by atoms with Gasteiger partial charge in [0.1, 0.15) is 0 Å². The van der Waals surface area contributed by atoms with Gasteiger partial charge in [0.15, 0.2) is 0 Å². The quantitative estimate of drug-likeness (QED) is 0.801. The zero-order valence-corrected chi connectivity index (χ0v) is 14.5. The number of carbonyl (C=O) groups is 1. The van der Waals surface area contributed by atoms with E-state index < -0.39 is 0 Å². The minimum Gasteiger partial charge on any atom is -0.355 e. The lowest BCUT2D eigenvalue weighted by molar-refractivity contribution is -0.120. The Morgan fingerprint density at radius 1 is 1.52 bits per heavy atom. The maximum atomic E-state index is 12.1. The van der Waals surface area contributed by atoms with E-state index in [1.807, 2.05) is 31.2 Å². The van der Waals surface area contributed by atoms with Crippen molar-refractivity contribution in [2.75, 3.05) is 19.6 Å². The van der Waals surface area contributed by atoms with Gasteiger partial charge in [-0.05, 0) is 50.9 Å². The number of hydrogen-bond acceptors (Lipinski definition) is 3. The largest absolute Gasteiger partial charge is 0.355 e. The highest BCUT2D eigenvalue weighted by Crippen LogP contribution is 2.29. The van der Waals surface area contributed by atoms with E-state index >= 15 is 0 Å². The van der Waals surface area contributed by atoms with Gasteiger partial charge in [0.2, 0.25) is 5.91 Å². The van der Waals surface area contributed by atoms with E-state index in [4.69, 9.17) is 11.6 Å². The summed E-state index contributed by atoms with van der Waals surface area (Å²) in [4.78, 5) is 13.1. The second-order valence-electron chi connectivity index (χ2n) is 5.15. The SMILES string of the molecule is CC(Sc1ccccc1Cl)C(=O)NCC1CCCNC1.Cl. The number of piperidine rings is 1. The van der Waals surface area contributed by atoms with Crippen molar-refractivity contribution in [3.8, 4) is 0 Å². The minimum atomic E-state index is -0.133. The summed E-state index contributed by atoms with van der Waals surface area (Å²) in [5.74, 6) is 0.644. The van der Waals surface area contributed by atoms with E-state index in [0.717, 1.165) is 24.5 Å². The van der Waals surface area contributed by atoms with Crippen molar-refractivity contribution in [3.63, 3.8) is 0 Å². The summed E-state index contributed by atoms with van der Waals surface area (Å²) >= 11 is 7.62. The molecule has 1 amide bonds. The molecule has 1 aromatic carbocycles. The van der Waals surface area contributed by atoms with Gasteiger partial charge < -0.3 is 10.6 Å². The number of carbonyl (C=O) groups excluding carboxylic acids is 1. The number of benzene rings is 1. The highest BCUT2D eigenvalue weighted by molar-refractivity contribution is 8.00. The Hall–Kier alpha value is -0.420. The normalized spacial score (nSPS) is 19.4. The van der Waals surface area contributed by atoms with Crippen LogP contribution in [0.5, 0.6) is 0 Å². The van der Waals surface area contributed by atoms with Crippen molar-refractivity contribution in [2.45, 2.75) is 29.9 Å². The third-order valence-electron chi connectivity index (χ3n) is 3.47. The van der Waals surface area contributed by atoms with E-state index in [2.05, 4.69) is 10.6 Å². The topological polar surface area (TPSA) is 41.1 Å². The average Bonchev–Trinajstić information content (AvgIpc) is 2.48. The van der Waals surface area contributed by atoms with E-state index in [0.29, 0.717) is 10.9 Å². The van der Waals surface area contributed by atoms with E-state index in [-0.39, 0.29) is 23.6 Å². The van der Waals surface area contributed by atoms with Crippen LogP contribution < -0.4 is 10.6 Å². The fourth-order valence-electron chi connectivity index (χ4n) is 2.27. The van der Waals surface area contributed by atoms with Gasteiger partial charge in [0.05, 0.1) is 10.3 Å². The molecule has 118 valence electrons. The van der Waals surface area contributed by atoms with Gasteiger partial charge in [-0.1, -0.05) is 23.7 Å². The first kappa shape index (κ1) is 18.6. The average molecular weight is 349 g/mol. The second kappa shape index (κ2) is 9.57. The van der Waals surface area contributed by atoms with E-state index in [1.165, 1.54) is 24.6 Å². The van der Waals surface area contributed by atoms with Crippen LogP contribution in [0.1, 0.15) is 19.8 Å². The Morgan fingerprint density at radius 2 is 2.29 bits per heavy atom. The van der Waals surface area contributed by atoms with Gasteiger partial charge in [0, 0.05) is 11.4 Å². The number of halogens is 2. The Balaban J connectivity index is 0.00000220. The van der Waals surface area contributed by atoms with Crippen molar-refractivity contribution in [3.05, 3.63) is 29.3 Å². The molecule has 6 heteroatoms. The molecule has 1 aliphatic heterocycles. The number of hydrogen-bond donors (Lipinski definition) is 2. The first-order valence-corrected chi connectivity index (χ1v) is 8.32. The van der Waals surface area contributed by atoms with Gasteiger partial charge in [-0.25, -0.2) is 0 Å². The molecule has 2 N–H and O–H groups in total. The molecule has 2 unspecified atom stereocenters. The summed E-state index contributed by atoms with van der Waals surface area (Å²) in [5, 5.41) is 6.98. The lowest BCUT2D eigenvalue weighted by atomic mass is 10.00. The van der Waals surface area contributed by atoms with Crippen LogP contribution in [0.4, 0.5) is 0 Å². The molecule has 1 heterocycles. The fourth-order valence-corrected chi connectivity index (χ4v) is 3.45. The molecule has 3 nitrogen and oxygen atoms in total. The van der Waals surface area contributed by atoms with Crippen LogP contribution in [0.25, 0.3) is 0 Å². The molecule has 0 aliphatic carbocycles. The monoisotopic (exact) mass is 348 g/mol. The Kier molecular flexibility index (Phi) is 8.49. The molecule has 1 saturated heterocycles. The third-order valence-corrected chi connectivity index (χ3v) is 5.09. The zero-order valence-electron chi connectivity index (χ0n) is 12.1. The maximum Gasteiger partial charge on any atom is 0.233 e. The van der Waals surface area contributed by atoms with Crippen LogP contribution in [0, 0.1) is 5.92 Å². The van der Waals surface area contributed by atoms with Crippen LogP contribution in [0.3, 0.4) is 0 Å². The van der Waals surface area contributed by atoms with E-state index in [9.17, 15) is 4.79 Å². The Bertz CT molecular complexity index is 453. The molecular weight excluding hydrogens is 327 g/mol. The van der Waals surface area contributed by atoms with Gasteiger partial charge in [0.25, 0.3) is 0 Å². The molecule has 2 rings (SSSR count). The van der Waals surface area contributed by atoms with Crippen molar-refractivity contribution in [1.29, 1.82) is 0 Å². The summed E-state index contributed by atoms with van der Waals surface area (Å²) in [5.41, 5.74) is 0.